The summed E-state index contributed by atoms with van der Waals surface area (Å²) in [7, 11) is 0. The van der Waals surface area contributed by atoms with Crippen molar-refractivity contribution in [1.29, 1.82) is 0 Å². The minimum absolute atomic E-state index is 0. The molecule has 2 atom stereocenters. The Bertz CT molecular complexity index is 371. The fourth-order valence-corrected chi connectivity index (χ4v) is 3.40. The molecule has 0 aromatic rings. The Balaban J connectivity index is 0.00000625. The van der Waals surface area contributed by atoms with E-state index in [9.17, 15) is 0 Å². The molecule has 0 radical (unpaired) electrons. The lowest BCUT2D eigenvalue weighted by Crippen LogP contribution is -2.49. The van der Waals surface area contributed by atoms with Gasteiger partial charge in [0.2, 0.25) is 0 Å². The highest BCUT2D eigenvalue weighted by Crippen LogP contribution is 2.13. The molecule has 1 fully saturated rings. The van der Waals surface area contributed by atoms with E-state index in [0.717, 1.165) is 65.0 Å². The van der Waals surface area contributed by atoms with Gasteiger partial charge in [-0.15, -0.1) is 24.0 Å². The zero-order chi connectivity index (χ0) is 18.7. The highest BCUT2D eigenvalue weighted by molar-refractivity contribution is 14.0. The van der Waals surface area contributed by atoms with Gasteiger partial charge in [-0.2, -0.15) is 0 Å². The molecule has 0 saturated carbocycles. The largest absolute Gasteiger partial charge is 0.379 e. The van der Waals surface area contributed by atoms with Crippen molar-refractivity contribution < 1.29 is 4.74 Å². The second-order valence-electron chi connectivity index (χ2n) is 7.13. The van der Waals surface area contributed by atoms with E-state index in [0.29, 0.717) is 18.0 Å². The number of guanidine groups is 1. The molecule has 1 aliphatic rings. The van der Waals surface area contributed by atoms with Crippen molar-refractivity contribution in [3.05, 3.63) is 0 Å². The number of halogens is 1. The number of morpholine rings is 1. The van der Waals surface area contributed by atoms with Gasteiger partial charge in [-0.1, -0.05) is 27.7 Å². The second kappa shape index (κ2) is 14.9. The lowest BCUT2D eigenvalue weighted by atomic mass is 10.0. The molecule has 0 bridgehead atoms. The van der Waals surface area contributed by atoms with Gasteiger partial charge in [-0.25, -0.2) is 0 Å². The molecule has 1 saturated heterocycles. The number of rotatable bonds is 10. The predicted molar refractivity (Wildman–Crippen MR) is 123 cm³/mol. The molecule has 0 amide bonds. The van der Waals surface area contributed by atoms with Crippen molar-refractivity contribution in [2.75, 3.05) is 59.0 Å². The van der Waals surface area contributed by atoms with Crippen LogP contribution >= 0.6 is 24.0 Å². The van der Waals surface area contributed by atoms with Crippen LogP contribution in [0.2, 0.25) is 0 Å². The summed E-state index contributed by atoms with van der Waals surface area (Å²) >= 11 is 0. The molecule has 2 N–H and O–H groups in total. The van der Waals surface area contributed by atoms with Crippen molar-refractivity contribution in [3.8, 4) is 0 Å². The molecule has 6 nitrogen and oxygen atoms in total. The number of ether oxygens (including phenoxy) is 1. The Hall–Kier alpha value is -0.120. The van der Waals surface area contributed by atoms with Crippen LogP contribution in [0.5, 0.6) is 0 Å². The fourth-order valence-electron chi connectivity index (χ4n) is 3.40. The first-order chi connectivity index (χ1) is 12.0. The summed E-state index contributed by atoms with van der Waals surface area (Å²) in [5, 5.41) is 6.91. The maximum Gasteiger partial charge on any atom is 0.191 e. The summed E-state index contributed by atoms with van der Waals surface area (Å²) in [6, 6.07) is 0.971. The molecule has 0 aromatic heterocycles. The van der Waals surface area contributed by atoms with Crippen LogP contribution in [0.3, 0.4) is 0 Å². The predicted octanol–water partition coefficient (Wildman–Crippen LogP) is 2.25. The maximum absolute atomic E-state index is 5.50. The van der Waals surface area contributed by atoms with Crippen LogP contribution in [-0.2, 0) is 4.74 Å². The van der Waals surface area contributed by atoms with Crippen LogP contribution < -0.4 is 10.6 Å². The van der Waals surface area contributed by atoms with Crippen molar-refractivity contribution in [1.82, 2.24) is 20.4 Å². The Kier molecular flexibility index (Phi) is 14.8. The Morgan fingerprint density at radius 1 is 1.08 bits per heavy atom. The standard InChI is InChI=1S/C19H41N5O.HI/c1-7-20-19(21-14-17(6)23(8-2)9-3)22-15-18(16(4)5)24-10-12-25-13-11-24;/h16-18H,7-15H2,1-6H3,(H2,20,21,22);1H. The summed E-state index contributed by atoms with van der Waals surface area (Å²) in [5.74, 6) is 1.51. The molecule has 1 heterocycles. The summed E-state index contributed by atoms with van der Waals surface area (Å²) < 4.78 is 5.50. The topological polar surface area (TPSA) is 52.1 Å². The summed E-state index contributed by atoms with van der Waals surface area (Å²) in [4.78, 5) is 9.87. The smallest absolute Gasteiger partial charge is 0.191 e. The van der Waals surface area contributed by atoms with E-state index in [-0.39, 0.29) is 24.0 Å². The number of hydrogen-bond acceptors (Lipinski definition) is 4. The van der Waals surface area contributed by atoms with Gasteiger partial charge in [0.1, 0.15) is 0 Å². The number of aliphatic imine (C=N–C) groups is 1. The molecule has 1 rings (SSSR count). The van der Waals surface area contributed by atoms with E-state index in [1.165, 1.54) is 0 Å². The van der Waals surface area contributed by atoms with Crippen LogP contribution in [-0.4, -0.2) is 86.9 Å². The van der Waals surface area contributed by atoms with Crippen molar-refractivity contribution in [3.63, 3.8) is 0 Å². The van der Waals surface area contributed by atoms with E-state index in [4.69, 9.17) is 9.73 Å². The van der Waals surface area contributed by atoms with Crippen LogP contribution in [0.4, 0.5) is 0 Å². The normalized spacial score (nSPS) is 18.5. The summed E-state index contributed by atoms with van der Waals surface area (Å²) in [6.07, 6.45) is 0. The van der Waals surface area contributed by atoms with Gasteiger partial charge in [-0.3, -0.25) is 14.8 Å². The highest BCUT2D eigenvalue weighted by atomic mass is 127. The molecule has 156 valence electrons. The number of likely N-dealkylation sites (N-methyl/N-ethyl adjacent to an activating group) is 1. The first kappa shape index (κ1) is 25.9. The van der Waals surface area contributed by atoms with Gasteiger partial charge in [0, 0.05) is 38.3 Å². The van der Waals surface area contributed by atoms with E-state index in [2.05, 4.69) is 62.0 Å². The van der Waals surface area contributed by atoms with Gasteiger partial charge in [-0.05, 0) is 32.9 Å². The van der Waals surface area contributed by atoms with Crippen LogP contribution in [0.25, 0.3) is 0 Å². The molecule has 2 unspecified atom stereocenters. The first-order valence-corrected chi connectivity index (χ1v) is 10.1. The van der Waals surface area contributed by atoms with E-state index in [1.54, 1.807) is 0 Å². The zero-order valence-electron chi connectivity index (χ0n) is 17.8. The third-order valence-corrected chi connectivity index (χ3v) is 5.07. The number of nitrogens with zero attached hydrogens (tertiary/aromatic N) is 3. The molecule has 0 spiro atoms. The van der Waals surface area contributed by atoms with Gasteiger partial charge < -0.3 is 15.4 Å². The van der Waals surface area contributed by atoms with Crippen LogP contribution in [0, 0.1) is 5.92 Å². The number of nitrogens with one attached hydrogen (secondary N) is 2. The minimum Gasteiger partial charge on any atom is -0.379 e. The highest BCUT2D eigenvalue weighted by Gasteiger charge is 2.23. The Morgan fingerprint density at radius 2 is 1.69 bits per heavy atom. The minimum atomic E-state index is 0. The molecule has 0 aliphatic carbocycles. The molecule has 26 heavy (non-hydrogen) atoms. The quantitative estimate of drug-likeness (QED) is 0.284. The Morgan fingerprint density at radius 3 is 2.19 bits per heavy atom. The zero-order valence-corrected chi connectivity index (χ0v) is 20.1. The van der Waals surface area contributed by atoms with E-state index in [1.807, 2.05) is 0 Å². The average Bonchev–Trinajstić information content (AvgIpc) is 2.61. The number of hydrogen-bond donors (Lipinski definition) is 2. The van der Waals surface area contributed by atoms with Gasteiger partial charge in [0.15, 0.2) is 5.96 Å². The SMILES string of the molecule is CCNC(=NCC(C(C)C)N1CCOCC1)NCC(C)N(CC)CC.I. The molecule has 0 aromatic carbocycles. The average molecular weight is 483 g/mol. The Labute approximate surface area is 178 Å². The molecule has 7 heteroatoms. The van der Waals surface area contributed by atoms with Gasteiger partial charge in [0.25, 0.3) is 0 Å². The molecule has 1 aliphatic heterocycles. The monoisotopic (exact) mass is 483 g/mol. The van der Waals surface area contributed by atoms with Crippen LogP contribution in [0.15, 0.2) is 4.99 Å². The second-order valence-corrected chi connectivity index (χ2v) is 7.13. The third kappa shape index (κ3) is 9.19. The van der Waals surface area contributed by atoms with Crippen molar-refractivity contribution >= 4 is 29.9 Å². The summed E-state index contributed by atoms with van der Waals surface area (Å²) in [6.45, 7) is 21.9. The van der Waals surface area contributed by atoms with Crippen molar-refractivity contribution in [2.24, 2.45) is 10.9 Å². The van der Waals surface area contributed by atoms with E-state index >= 15 is 0 Å². The summed E-state index contributed by atoms with van der Waals surface area (Å²) in [5.41, 5.74) is 0. The van der Waals surface area contributed by atoms with Crippen LogP contribution in [0.1, 0.15) is 41.5 Å². The fraction of sp³-hybridized carbons (Fsp3) is 0.947. The van der Waals surface area contributed by atoms with Gasteiger partial charge in [0.05, 0.1) is 19.8 Å². The third-order valence-electron chi connectivity index (χ3n) is 5.07. The molecular weight excluding hydrogens is 441 g/mol. The maximum atomic E-state index is 5.50. The lowest BCUT2D eigenvalue weighted by molar-refractivity contribution is 0.00867. The molecular formula is C19H42IN5O. The van der Waals surface area contributed by atoms with Gasteiger partial charge >= 0.3 is 0 Å². The lowest BCUT2D eigenvalue weighted by Gasteiger charge is -2.36. The van der Waals surface area contributed by atoms with Crippen molar-refractivity contribution in [2.45, 2.75) is 53.6 Å². The van der Waals surface area contributed by atoms with E-state index < -0.39 is 0 Å². The first-order valence-electron chi connectivity index (χ1n) is 10.1.